The molecule has 5 aromatic carbocycles. The van der Waals surface area contributed by atoms with E-state index in [1.54, 1.807) is 0 Å². The van der Waals surface area contributed by atoms with Gasteiger partial charge in [0.25, 0.3) is 5.91 Å². The van der Waals surface area contributed by atoms with E-state index in [0.717, 1.165) is 42.6 Å². The molecule has 0 fully saturated rings. The van der Waals surface area contributed by atoms with Crippen LogP contribution in [0, 0.1) is 0 Å². The first-order chi connectivity index (χ1) is 19.1. The van der Waals surface area contributed by atoms with Crippen LogP contribution in [0.4, 0.5) is 16.2 Å². The van der Waals surface area contributed by atoms with Gasteiger partial charge in [-0.05, 0) is 18.2 Å². The van der Waals surface area contributed by atoms with Crippen LogP contribution in [0.1, 0.15) is 27.0 Å². The predicted octanol–water partition coefficient (Wildman–Crippen LogP) is 8.16. The largest absolute Gasteiger partial charge is 0.428 e. The van der Waals surface area contributed by atoms with Gasteiger partial charge in [-0.15, -0.1) is 11.3 Å². The first kappa shape index (κ1) is 23.2. The second-order valence-corrected chi connectivity index (χ2v) is 10.4. The Morgan fingerprint density at radius 2 is 1.31 bits per heavy atom. The molecule has 1 aliphatic rings. The van der Waals surface area contributed by atoms with E-state index in [-0.39, 0.29) is 5.91 Å². The molecule has 6 aromatic rings. The van der Waals surface area contributed by atoms with E-state index in [1.165, 1.54) is 11.3 Å². The highest BCUT2D eigenvalue weighted by Gasteiger charge is 2.46. The lowest BCUT2D eigenvalue weighted by Crippen LogP contribution is -2.41. The lowest BCUT2D eigenvalue weighted by molar-refractivity contribution is 0.0741. The van der Waals surface area contributed by atoms with Gasteiger partial charge >= 0.3 is 6.09 Å². The Bertz CT molecular complexity index is 1830. The number of carbonyl (C=O) groups excluding carboxylic acids is 2. The highest BCUT2D eigenvalue weighted by molar-refractivity contribution is 7.26. The van der Waals surface area contributed by atoms with Crippen LogP contribution in [-0.4, -0.2) is 12.0 Å². The average molecular weight is 527 g/mol. The quantitative estimate of drug-likeness (QED) is 0.243. The van der Waals surface area contributed by atoms with Crippen LogP contribution in [0.3, 0.4) is 0 Å². The van der Waals surface area contributed by atoms with E-state index in [1.807, 2.05) is 115 Å². The molecule has 0 saturated heterocycles. The molecule has 5 nitrogen and oxygen atoms in total. The smallest absolute Gasteiger partial charge is 0.413 e. The second-order valence-electron chi connectivity index (χ2n) is 9.40. The average Bonchev–Trinajstić information content (AvgIpc) is 3.37. The Balaban J connectivity index is 1.46. The van der Waals surface area contributed by atoms with Gasteiger partial charge in [0.15, 0.2) is 5.60 Å². The zero-order valence-electron chi connectivity index (χ0n) is 20.7. The van der Waals surface area contributed by atoms with Crippen LogP contribution >= 0.6 is 11.3 Å². The monoisotopic (exact) mass is 526 g/mol. The van der Waals surface area contributed by atoms with Crippen molar-refractivity contribution in [1.82, 2.24) is 0 Å². The van der Waals surface area contributed by atoms with E-state index >= 15 is 0 Å². The van der Waals surface area contributed by atoms with Crippen molar-refractivity contribution >= 4 is 54.9 Å². The fraction of sp³-hybridized carbons (Fsp3) is 0.0303. The number of para-hydroxylation sites is 1. The predicted molar refractivity (Wildman–Crippen MR) is 157 cm³/mol. The number of anilines is 2. The van der Waals surface area contributed by atoms with Gasteiger partial charge in [-0.3, -0.25) is 10.1 Å². The van der Waals surface area contributed by atoms with E-state index in [2.05, 4.69) is 16.7 Å². The summed E-state index contributed by atoms with van der Waals surface area (Å²) in [5, 5.41) is 7.93. The van der Waals surface area contributed by atoms with Crippen molar-refractivity contribution in [3.05, 3.63) is 144 Å². The number of carbonyl (C=O) groups is 2. The minimum atomic E-state index is -1.13. The van der Waals surface area contributed by atoms with Crippen molar-refractivity contribution in [3.63, 3.8) is 0 Å². The molecule has 0 unspecified atom stereocenters. The molecule has 0 aliphatic carbocycles. The number of benzene rings is 5. The van der Waals surface area contributed by atoms with E-state index in [0.29, 0.717) is 11.3 Å². The van der Waals surface area contributed by atoms with Crippen molar-refractivity contribution in [2.45, 2.75) is 5.60 Å². The molecule has 1 aliphatic heterocycles. The summed E-state index contributed by atoms with van der Waals surface area (Å²) < 4.78 is 7.97. The van der Waals surface area contributed by atoms with E-state index < -0.39 is 11.7 Å². The third-order valence-electron chi connectivity index (χ3n) is 7.16. The molecule has 2 N–H and O–H groups in total. The fourth-order valence-corrected chi connectivity index (χ4v) is 6.75. The standard InChI is InChI=1S/C33H22N2O3S/c36-31(34-23-15-8-3-9-16-23)26-18-10-17-24-25-19-20-27-28(30(25)39-29(24)26)35-32(37)38-33(27,21-11-4-1-5-12-21)22-13-6-2-7-14-22/h1-20H,(H,34,36)(H,35,37). The molecule has 0 bridgehead atoms. The number of hydrogen-bond donors (Lipinski definition) is 2. The Morgan fingerprint density at radius 3 is 1.97 bits per heavy atom. The Hall–Kier alpha value is -4.94. The fourth-order valence-electron chi connectivity index (χ4n) is 5.44. The van der Waals surface area contributed by atoms with Crippen LogP contribution in [0.5, 0.6) is 0 Å². The van der Waals surface area contributed by atoms with Crippen molar-refractivity contribution in [2.75, 3.05) is 10.6 Å². The number of ether oxygens (including phenoxy) is 1. The van der Waals surface area contributed by atoms with Crippen molar-refractivity contribution in [1.29, 1.82) is 0 Å². The van der Waals surface area contributed by atoms with Crippen molar-refractivity contribution in [2.24, 2.45) is 0 Å². The van der Waals surface area contributed by atoms with Crippen molar-refractivity contribution in [3.8, 4) is 0 Å². The normalized spacial score (nSPS) is 13.9. The minimum Gasteiger partial charge on any atom is -0.428 e. The summed E-state index contributed by atoms with van der Waals surface area (Å²) >= 11 is 1.50. The number of amides is 2. The first-order valence-corrected chi connectivity index (χ1v) is 13.4. The molecule has 0 saturated carbocycles. The minimum absolute atomic E-state index is 0.178. The molecule has 188 valence electrons. The molecule has 0 spiro atoms. The molecule has 7 rings (SSSR count). The third-order valence-corrected chi connectivity index (χ3v) is 8.43. The van der Waals surface area contributed by atoms with Gasteiger partial charge in [-0.1, -0.05) is 103 Å². The number of nitrogens with one attached hydrogen (secondary N) is 2. The number of fused-ring (bicyclic) bond motifs is 5. The van der Waals surface area contributed by atoms with Crippen LogP contribution in [0.25, 0.3) is 20.2 Å². The van der Waals surface area contributed by atoms with Gasteiger partial charge < -0.3 is 10.1 Å². The number of cyclic esters (lactones) is 1. The molecular formula is C33H22N2O3S. The number of rotatable bonds is 4. The molecule has 1 aromatic heterocycles. The Kier molecular flexibility index (Phi) is 5.42. The molecule has 39 heavy (non-hydrogen) atoms. The van der Waals surface area contributed by atoms with Crippen molar-refractivity contribution < 1.29 is 14.3 Å². The molecular weight excluding hydrogens is 504 g/mol. The van der Waals surface area contributed by atoms with E-state index in [9.17, 15) is 9.59 Å². The highest BCUT2D eigenvalue weighted by Crippen LogP contribution is 2.51. The molecule has 2 amide bonds. The van der Waals surface area contributed by atoms with Gasteiger partial charge in [-0.2, -0.15) is 0 Å². The number of hydrogen-bond acceptors (Lipinski definition) is 4. The van der Waals surface area contributed by atoms with Gasteiger partial charge in [0.1, 0.15) is 0 Å². The van der Waals surface area contributed by atoms with Gasteiger partial charge in [0.2, 0.25) is 0 Å². The van der Waals surface area contributed by atoms with Crippen LogP contribution in [-0.2, 0) is 10.3 Å². The highest BCUT2D eigenvalue weighted by atomic mass is 32.1. The summed E-state index contributed by atoms with van der Waals surface area (Å²) in [5.41, 5.74) is 3.45. The molecule has 0 radical (unpaired) electrons. The lowest BCUT2D eigenvalue weighted by Gasteiger charge is -2.39. The zero-order valence-corrected chi connectivity index (χ0v) is 21.5. The summed E-state index contributed by atoms with van der Waals surface area (Å²) in [6.07, 6.45) is -0.526. The van der Waals surface area contributed by atoms with Gasteiger partial charge in [0.05, 0.1) is 16.0 Å². The number of thiophene rings is 1. The summed E-state index contributed by atoms with van der Waals surface area (Å²) in [6.45, 7) is 0. The Labute approximate surface area is 228 Å². The summed E-state index contributed by atoms with van der Waals surface area (Å²) in [6, 6.07) is 38.9. The maximum Gasteiger partial charge on any atom is 0.413 e. The summed E-state index contributed by atoms with van der Waals surface area (Å²) in [7, 11) is 0. The first-order valence-electron chi connectivity index (χ1n) is 12.6. The maximum atomic E-state index is 13.3. The zero-order chi connectivity index (χ0) is 26.4. The lowest BCUT2D eigenvalue weighted by atomic mass is 9.78. The second kappa shape index (κ2) is 9.11. The Morgan fingerprint density at radius 1 is 0.692 bits per heavy atom. The molecule has 2 heterocycles. The van der Waals surface area contributed by atoms with Gasteiger partial charge in [0, 0.05) is 37.9 Å². The summed E-state index contributed by atoms with van der Waals surface area (Å²) in [5.74, 6) is -0.178. The molecule has 6 heteroatoms. The molecule has 0 atom stereocenters. The van der Waals surface area contributed by atoms with Gasteiger partial charge in [-0.25, -0.2) is 4.79 Å². The van der Waals surface area contributed by atoms with Crippen LogP contribution in [0.2, 0.25) is 0 Å². The SMILES string of the molecule is O=C1Nc2c(ccc3c2sc2c(C(=O)Nc4ccccc4)cccc23)C(c2ccccc2)(c2ccccc2)O1. The van der Waals surface area contributed by atoms with Crippen LogP contribution < -0.4 is 10.6 Å². The van der Waals surface area contributed by atoms with Crippen LogP contribution in [0.15, 0.2) is 121 Å². The van der Waals surface area contributed by atoms with E-state index in [4.69, 9.17) is 4.74 Å². The third kappa shape index (κ3) is 3.68. The topological polar surface area (TPSA) is 67.4 Å². The summed E-state index contributed by atoms with van der Waals surface area (Å²) in [4.78, 5) is 26.6. The maximum absolute atomic E-state index is 13.3.